The fraction of sp³-hybridized carbons (Fsp3) is 0.286. The molecule has 2 N–H and O–H groups in total. The number of piperidine rings is 1. The van der Waals surface area contributed by atoms with Gasteiger partial charge in [0.25, 0.3) is 0 Å². The van der Waals surface area contributed by atoms with Crippen LogP contribution >= 0.6 is 15.9 Å². The molecule has 1 aromatic carbocycles. The minimum Gasteiger partial charge on any atom is -0.361 e. The van der Waals surface area contributed by atoms with Crippen LogP contribution in [0, 0.1) is 0 Å². The second-order valence-corrected chi connectivity index (χ2v) is 5.23. The fourth-order valence-corrected chi connectivity index (χ4v) is 2.80. The van der Waals surface area contributed by atoms with Crippen molar-refractivity contribution in [1.82, 2.24) is 4.90 Å². The number of hydrogen-bond donors (Lipinski definition) is 1. The molecular weight excluding hydrogens is 308 g/mol. The molecular formula is C14H15BrN2O2. The van der Waals surface area contributed by atoms with Crippen molar-refractivity contribution in [2.45, 2.75) is 12.8 Å². The van der Waals surface area contributed by atoms with Gasteiger partial charge in [-0.15, -0.1) is 0 Å². The number of benzene rings is 1. The van der Waals surface area contributed by atoms with Gasteiger partial charge in [-0.2, -0.15) is 0 Å². The topological polar surface area (TPSA) is 63.4 Å². The number of halogens is 1. The summed E-state index contributed by atoms with van der Waals surface area (Å²) in [5.74, 6) is -1.47. The van der Waals surface area contributed by atoms with Crippen LogP contribution in [0.4, 0.5) is 0 Å². The van der Waals surface area contributed by atoms with Gasteiger partial charge in [-0.05, 0) is 18.4 Å². The van der Waals surface area contributed by atoms with Crippen molar-refractivity contribution < 1.29 is 9.59 Å². The lowest BCUT2D eigenvalue weighted by Gasteiger charge is -2.28. The van der Waals surface area contributed by atoms with Crippen LogP contribution in [0.15, 0.2) is 35.9 Å². The number of rotatable bonds is 1. The third kappa shape index (κ3) is 3.23. The number of primary amides is 1. The van der Waals surface area contributed by atoms with Crippen LogP contribution in [0.2, 0.25) is 0 Å². The quantitative estimate of drug-likeness (QED) is 0.802. The highest BCUT2D eigenvalue weighted by Crippen LogP contribution is 2.31. The van der Waals surface area contributed by atoms with Crippen LogP contribution in [0.3, 0.4) is 0 Å². The van der Waals surface area contributed by atoms with Gasteiger partial charge < -0.3 is 10.6 Å². The Hall–Kier alpha value is -1.62. The van der Waals surface area contributed by atoms with Crippen LogP contribution in [0.1, 0.15) is 18.4 Å². The van der Waals surface area contributed by atoms with Gasteiger partial charge >= 0.3 is 11.8 Å². The molecule has 1 aliphatic rings. The Morgan fingerprint density at radius 1 is 1.11 bits per heavy atom. The monoisotopic (exact) mass is 322 g/mol. The summed E-state index contributed by atoms with van der Waals surface area (Å²) >= 11 is 3.62. The van der Waals surface area contributed by atoms with Crippen molar-refractivity contribution >= 4 is 32.2 Å². The van der Waals surface area contributed by atoms with Crippen molar-refractivity contribution in [3.05, 3.63) is 41.5 Å². The highest BCUT2D eigenvalue weighted by Gasteiger charge is 2.23. The normalized spacial score (nSPS) is 15.2. The fourth-order valence-electron chi connectivity index (χ4n) is 2.14. The molecule has 100 valence electrons. The van der Waals surface area contributed by atoms with Crippen molar-refractivity contribution in [1.29, 1.82) is 0 Å². The summed E-state index contributed by atoms with van der Waals surface area (Å²) in [6.45, 7) is 1.08. The summed E-state index contributed by atoms with van der Waals surface area (Å²) in [5.41, 5.74) is 7.40. The van der Waals surface area contributed by atoms with Gasteiger partial charge in [0.1, 0.15) is 0 Å². The first-order chi connectivity index (χ1) is 9.09. The zero-order chi connectivity index (χ0) is 13.8. The smallest absolute Gasteiger partial charge is 0.311 e. The number of likely N-dealkylation sites (tertiary alicyclic amines) is 1. The molecule has 0 radical (unpaired) electrons. The molecule has 19 heavy (non-hydrogen) atoms. The SMILES string of the molecule is NC(=O)C(=O)N1CCC(=C(Br)c2ccccc2)CC1. The summed E-state index contributed by atoms with van der Waals surface area (Å²) in [5, 5.41) is 0. The number of carbonyl (C=O) groups is 2. The lowest BCUT2D eigenvalue weighted by molar-refractivity contribution is -0.144. The van der Waals surface area contributed by atoms with Crippen LogP contribution in [0.25, 0.3) is 4.48 Å². The van der Waals surface area contributed by atoms with E-state index in [1.165, 1.54) is 10.5 Å². The standard InChI is InChI=1S/C14H15BrN2O2/c15-12(10-4-2-1-3-5-10)11-6-8-17(9-7-11)14(19)13(16)18/h1-5H,6-9H2,(H2,16,18). The van der Waals surface area contributed by atoms with E-state index in [4.69, 9.17) is 5.73 Å². The lowest BCUT2D eigenvalue weighted by Crippen LogP contribution is -2.43. The largest absolute Gasteiger partial charge is 0.361 e. The molecule has 2 rings (SSSR count). The Kier molecular flexibility index (Phi) is 4.37. The Morgan fingerprint density at radius 2 is 1.68 bits per heavy atom. The number of hydrogen-bond acceptors (Lipinski definition) is 2. The number of carbonyl (C=O) groups excluding carboxylic acids is 2. The van der Waals surface area contributed by atoms with Crippen LogP contribution in [-0.4, -0.2) is 29.8 Å². The van der Waals surface area contributed by atoms with Crippen LogP contribution in [0.5, 0.6) is 0 Å². The summed E-state index contributed by atoms with van der Waals surface area (Å²) in [6.07, 6.45) is 1.52. The number of nitrogens with two attached hydrogens (primary N) is 1. The molecule has 2 amide bonds. The Bertz CT molecular complexity index is 516. The van der Waals surface area contributed by atoms with E-state index in [0.717, 1.165) is 22.9 Å². The molecule has 0 spiro atoms. The van der Waals surface area contributed by atoms with Gasteiger partial charge in [-0.1, -0.05) is 51.8 Å². The van der Waals surface area contributed by atoms with E-state index < -0.39 is 11.8 Å². The average Bonchev–Trinajstić information content (AvgIpc) is 2.46. The molecule has 0 aromatic heterocycles. The van der Waals surface area contributed by atoms with Crippen LogP contribution < -0.4 is 5.73 Å². The third-order valence-corrected chi connectivity index (χ3v) is 4.22. The molecule has 0 aliphatic carbocycles. The lowest BCUT2D eigenvalue weighted by atomic mass is 10.0. The molecule has 0 atom stereocenters. The molecule has 1 fully saturated rings. The Labute approximate surface area is 120 Å². The van der Waals surface area contributed by atoms with Gasteiger partial charge in [-0.25, -0.2) is 0 Å². The van der Waals surface area contributed by atoms with Crippen molar-refractivity contribution in [3.8, 4) is 0 Å². The summed E-state index contributed by atoms with van der Waals surface area (Å²) in [6, 6.07) is 10.0. The van der Waals surface area contributed by atoms with Crippen molar-refractivity contribution in [3.63, 3.8) is 0 Å². The van der Waals surface area contributed by atoms with E-state index in [9.17, 15) is 9.59 Å². The maximum Gasteiger partial charge on any atom is 0.311 e. The highest BCUT2D eigenvalue weighted by molar-refractivity contribution is 9.15. The molecule has 0 unspecified atom stereocenters. The molecule has 1 saturated heterocycles. The van der Waals surface area contributed by atoms with Crippen molar-refractivity contribution in [2.24, 2.45) is 5.73 Å². The zero-order valence-electron chi connectivity index (χ0n) is 10.4. The van der Waals surface area contributed by atoms with E-state index in [-0.39, 0.29) is 0 Å². The minimum absolute atomic E-state index is 0.541. The molecule has 1 aromatic rings. The highest BCUT2D eigenvalue weighted by atomic mass is 79.9. The van der Waals surface area contributed by atoms with Gasteiger partial charge in [0.2, 0.25) is 0 Å². The molecule has 1 heterocycles. The molecule has 0 bridgehead atoms. The van der Waals surface area contributed by atoms with Crippen molar-refractivity contribution in [2.75, 3.05) is 13.1 Å². The van der Waals surface area contributed by atoms with E-state index in [1.54, 1.807) is 0 Å². The predicted octanol–water partition coefficient (Wildman–Crippen LogP) is 1.90. The number of nitrogens with zero attached hydrogens (tertiary/aromatic N) is 1. The van der Waals surface area contributed by atoms with Gasteiger partial charge in [-0.3, -0.25) is 9.59 Å². The molecule has 4 nitrogen and oxygen atoms in total. The maximum atomic E-state index is 11.5. The number of amides is 2. The first-order valence-corrected chi connectivity index (χ1v) is 6.90. The molecule has 0 saturated carbocycles. The second kappa shape index (κ2) is 6.02. The summed E-state index contributed by atoms with van der Waals surface area (Å²) in [7, 11) is 0. The summed E-state index contributed by atoms with van der Waals surface area (Å²) < 4.78 is 1.08. The Morgan fingerprint density at radius 3 is 2.21 bits per heavy atom. The third-order valence-electron chi connectivity index (χ3n) is 3.20. The van der Waals surface area contributed by atoms with E-state index in [1.807, 2.05) is 30.3 Å². The first-order valence-electron chi connectivity index (χ1n) is 6.11. The van der Waals surface area contributed by atoms with E-state index >= 15 is 0 Å². The van der Waals surface area contributed by atoms with Gasteiger partial charge in [0, 0.05) is 17.6 Å². The minimum atomic E-state index is -0.880. The second-order valence-electron chi connectivity index (χ2n) is 4.44. The van der Waals surface area contributed by atoms with E-state index in [0.29, 0.717) is 13.1 Å². The Balaban J connectivity index is 2.07. The van der Waals surface area contributed by atoms with Gasteiger partial charge in [0.15, 0.2) is 0 Å². The van der Waals surface area contributed by atoms with Crippen LogP contribution in [-0.2, 0) is 9.59 Å². The molecule has 5 heteroatoms. The first kappa shape index (κ1) is 13.8. The zero-order valence-corrected chi connectivity index (χ0v) is 12.0. The van der Waals surface area contributed by atoms with E-state index in [2.05, 4.69) is 15.9 Å². The maximum absolute atomic E-state index is 11.5. The average molecular weight is 323 g/mol. The van der Waals surface area contributed by atoms with Gasteiger partial charge in [0.05, 0.1) is 0 Å². The summed E-state index contributed by atoms with van der Waals surface area (Å²) in [4.78, 5) is 23.8. The molecule has 1 aliphatic heterocycles. The predicted molar refractivity (Wildman–Crippen MR) is 77.3 cm³/mol.